The molecule has 3 rings (SSSR count). The second-order valence-corrected chi connectivity index (χ2v) is 5.85. The number of cyclic esters (lactones) is 1. The van der Waals surface area contributed by atoms with Crippen LogP contribution in [-0.2, 0) is 29.5 Å². The minimum atomic E-state index is -2.38. The molecule has 0 bridgehead atoms. The molecule has 25 heavy (non-hydrogen) atoms. The maximum absolute atomic E-state index is 12.6. The van der Waals surface area contributed by atoms with Crippen LogP contribution in [0.3, 0.4) is 0 Å². The van der Waals surface area contributed by atoms with Gasteiger partial charge in [-0.3, -0.25) is 4.79 Å². The third-order valence-electron chi connectivity index (χ3n) is 4.24. The third kappa shape index (κ3) is 2.65. The van der Waals surface area contributed by atoms with Crippen LogP contribution in [0.25, 0.3) is 0 Å². The van der Waals surface area contributed by atoms with Gasteiger partial charge in [0.2, 0.25) is 0 Å². The van der Waals surface area contributed by atoms with Crippen LogP contribution in [0.5, 0.6) is 0 Å². The average molecular weight is 340 g/mol. The number of hydrogen-bond acceptors (Lipinski definition) is 5. The van der Waals surface area contributed by atoms with Gasteiger partial charge in [0.25, 0.3) is 0 Å². The van der Waals surface area contributed by atoms with Crippen molar-refractivity contribution in [3.8, 4) is 0 Å². The predicted molar refractivity (Wildman–Crippen MR) is 86.5 cm³/mol. The Morgan fingerprint density at radius 3 is 1.88 bits per heavy atom. The molecule has 2 aromatic rings. The first-order valence-electron chi connectivity index (χ1n) is 7.68. The Hall–Kier alpha value is -3.15. The molecule has 1 aliphatic heterocycles. The van der Waals surface area contributed by atoms with E-state index in [-0.39, 0.29) is 6.42 Å². The number of aliphatic carboxylic acids is 1. The molecule has 1 unspecified atom stereocenters. The minimum Gasteiger partial charge on any atom is -0.478 e. The molecular formula is C19H16O6. The highest BCUT2D eigenvalue weighted by Crippen LogP contribution is 2.48. The van der Waals surface area contributed by atoms with Gasteiger partial charge in [-0.15, -0.1) is 0 Å². The Morgan fingerprint density at radius 1 is 1.00 bits per heavy atom. The van der Waals surface area contributed by atoms with Crippen LogP contribution in [0.15, 0.2) is 60.7 Å². The zero-order chi connectivity index (χ0) is 18.1. The van der Waals surface area contributed by atoms with Gasteiger partial charge in [0, 0.05) is 18.1 Å². The lowest BCUT2D eigenvalue weighted by atomic mass is 9.80. The zero-order valence-electron chi connectivity index (χ0n) is 13.5. The van der Waals surface area contributed by atoms with Crippen LogP contribution in [-0.4, -0.2) is 28.6 Å². The largest absolute Gasteiger partial charge is 0.478 e. The molecular weight excluding hydrogens is 324 g/mol. The van der Waals surface area contributed by atoms with E-state index in [1.54, 1.807) is 60.7 Å². The normalized spacial score (nSPS) is 21.4. The van der Waals surface area contributed by atoms with Crippen LogP contribution in [0, 0.1) is 0 Å². The SMILES string of the molecule is CC(=O)OC1(C(=O)O)CC(c2ccccc2)(c2ccccc2)OC1=O. The standard InChI is InChI=1S/C19H16O6/c1-13(20)24-19(16(21)22)12-18(25-17(19)23,14-8-4-2-5-9-14)15-10-6-3-7-11-15/h2-11H,12H2,1H3,(H,21,22). The summed E-state index contributed by atoms with van der Waals surface area (Å²) in [6.45, 7) is 1.06. The summed E-state index contributed by atoms with van der Waals surface area (Å²) >= 11 is 0. The summed E-state index contributed by atoms with van der Waals surface area (Å²) in [5, 5.41) is 9.63. The van der Waals surface area contributed by atoms with E-state index in [0.717, 1.165) is 6.92 Å². The van der Waals surface area contributed by atoms with Gasteiger partial charge in [-0.1, -0.05) is 60.7 Å². The molecule has 0 amide bonds. The summed E-state index contributed by atoms with van der Waals surface area (Å²) in [5.74, 6) is -3.51. The van der Waals surface area contributed by atoms with Gasteiger partial charge < -0.3 is 14.6 Å². The van der Waals surface area contributed by atoms with Crippen molar-refractivity contribution >= 4 is 17.9 Å². The molecule has 128 valence electrons. The van der Waals surface area contributed by atoms with Crippen molar-refractivity contribution in [1.82, 2.24) is 0 Å². The molecule has 0 aromatic heterocycles. The predicted octanol–water partition coefficient (Wildman–Crippen LogP) is 2.26. The maximum Gasteiger partial charge on any atom is 0.364 e. The summed E-state index contributed by atoms with van der Waals surface area (Å²) in [4.78, 5) is 35.8. The van der Waals surface area contributed by atoms with Gasteiger partial charge in [0.1, 0.15) is 0 Å². The van der Waals surface area contributed by atoms with E-state index >= 15 is 0 Å². The zero-order valence-corrected chi connectivity index (χ0v) is 13.5. The number of esters is 2. The third-order valence-corrected chi connectivity index (χ3v) is 4.24. The first-order chi connectivity index (χ1) is 11.9. The van der Waals surface area contributed by atoms with Gasteiger partial charge >= 0.3 is 23.5 Å². The number of carboxylic acids is 1. The number of carbonyl (C=O) groups is 3. The smallest absolute Gasteiger partial charge is 0.364 e. The fraction of sp³-hybridized carbons (Fsp3) is 0.211. The average Bonchev–Trinajstić information content (AvgIpc) is 2.91. The van der Waals surface area contributed by atoms with E-state index < -0.39 is 29.1 Å². The van der Waals surface area contributed by atoms with Crippen LogP contribution in [0.2, 0.25) is 0 Å². The van der Waals surface area contributed by atoms with Gasteiger partial charge in [0.05, 0.1) is 6.42 Å². The van der Waals surface area contributed by atoms with Crippen molar-refractivity contribution in [2.45, 2.75) is 24.5 Å². The Kier molecular flexibility index (Phi) is 4.04. The molecule has 6 heteroatoms. The number of carbonyl (C=O) groups excluding carboxylic acids is 2. The first kappa shape index (κ1) is 16.7. The maximum atomic E-state index is 12.6. The molecule has 0 radical (unpaired) electrons. The summed E-state index contributed by atoms with van der Waals surface area (Å²) in [7, 11) is 0. The number of hydrogen-bond donors (Lipinski definition) is 1. The summed E-state index contributed by atoms with van der Waals surface area (Å²) in [6.07, 6.45) is -0.345. The number of ether oxygens (including phenoxy) is 2. The molecule has 0 spiro atoms. The second-order valence-electron chi connectivity index (χ2n) is 5.85. The van der Waals surface area contributed by atoms with E-state index in [4.69, 9.17) is 9.47 Å². The molecule has 2 aromatic carbocycles. The Balaban J connectivity index is 2.20. The minimum absolute atomic E-state index is 0.345. The molecule has 1 atom stereocenters. The van der Waals surface area contributed by atoms with Crippen LogP contribution >= 0.6 is 0 Å². The quantitative estimate of drug-likeness (QED) is 0.678. The molecule has 1 heterocycles. The van der Waals surface area contributed by atoms with Crippen molar-refractivity contribution in [1.29, 1.82) is 0 Å². The summed E-state index contributed by atoms with van der Waals surface area (Å²) in [6, 6.07) is 17.6. The fourth-order valence-corrected chi connectivity index (χ4v) is 3.13. The van der Waals surface area contributed by atoms with Gasteiger partial charge in [-0.25, -0.2) is 9.59 Å². The Labute approximate surface area is 144 Å². The van der Waals surface area contributed by atoms with E-state index in [0.29, 0.717) is 11.1 Å². The molecule has 1 saturated heterocycles. The summed E-state index contributed by atoms with van der Waals surface area (Å²) in [5.41, 5.74) is -2.53. The summed E-state index contributed by atoms with van der Waals surface area (Å²) < 4.78 is 10.6. The van der Waals surface area contributed by atoms with Crippen LogP contribution in [0.4, 0.5) is 0 Å². The highest BCUT2D eigenvalue weighted by Gasteiger charge is 2.65. The highest BCUT2D eigenvalue weighted by molar-refractivity contribution is 6.06. The van der Waals surface area contributed by atoms with Crippen molar-refractivity contribution < 1.29 is 29.0 Å². The number of carboxylic acid groups (broad SMARTS) is 1. The highest BCUT2D eigenvalue weighted by atomic mass is 16.6. The molecule has 1 fully saturated rings. The monoisotopic (exact) mass is 340 g/mol. The molecule has 1 aliphatic rings. The van der Waals surface area contributed by atoms with E-state index in [1.165, 1.54) is 0 Å². The van der Waals surface area contributed by atoms with Crippen LogP contribution in [0.1, 0.15) is 24.5 Å². The Bertz CT molecular complexity index is 775. The second kappa shape index (κ2) is 6.05. The first-order valence-corrected chi connectivity index (χ1v) is 7.68. The lowest BCUT2D eigenvalue weighted by Crippen LogP contribution is -2.47. The van der Waals surface area contributed by atoms with Crippen LogP contribution < -0.4 is 0 Å². The number of rotatable bonds is 4. The topological polar surface area (TPSA) is 89.9 Å². The lowest BCUT2D eigenvalue weighted by molar-refractivity contribution is -0.184. The Morgan fingerprint density at radius 2 is 1.48 bits per heavy atom. The van der Waals surface area contributed by atoms with E-state index in [2.05, 4.69) is 0 Å². The van der Waals surface area contributed by atoms with Gasteiger partial charge in [-0.05, 0) is 0 Å². The van der Waals surface area contributed by atoms with Crippen molar-refractivity contribution in [3.63, 3.8) is 0 Å². The molecule has 1 N–H and O–H groups in total. The van der Waals surface area contributed by atoms with Gasteiger partial charge in [0.15, 0.2) is 5.60 Å². The van der Waals surface area contributed by atoms with Crippen molar-refractivity contribution in [2.75, 3.05) is 0 Å². The van der Waals surface area contributed by atoms with Gasteiger partial charge in [-0.2, -0.15) is 0 Å². The fourth-order valence-electron chi connectivity index (χ4n) is 3.13. The number of benzene rings is 2. The molecule has 0 aliphatic carbocycles. The molecule has 0 saturated carbocycles. The van der Waals surface area contributed by atoms with Crippen molar-refractivity contribution in [2.24, 2.45) is 0 Å². The van der Waals surface area contributed by atoms with Crippen molar-refractivity contribution in [3.05, 3.63) is 71.8 Å². The lowest BCUT2D eigenvalue weighted by Gasteiger charge is -2.29. The molecule has 6 nitrogen and oxygen atoms in total. The van der Waals surface area contributed by atoms with E-state index in [9.17, 15) is 19.5 Å². The van der Waals surface area contributed by atoms with E-state index in [1.807, 2.05) is 0 Å².